The van der Waals surface area contributed by atoms with E-state index < -0.39 is 0 Å². The van der Waals surface area contributed by atoms with Crippen LogP contribution in [0.15, 0.2) is 18.2 Å². The van der Waals surface area contributed by atoms with Crippen molar-refractivity contribution in [2.45, 2.75) is 38.8 Å². The van der Waals surface area contributed by atoms with Crippen molar-refractivity contribution in [2.75, 3.05) is 39.4 Å². The lowest BCUT2D eigenvalue weighted by molar-refractivity contribution is -0.0290. The Bertz CT molecular complexity index is 641. The average molecular weight is 379 g/mol. The Hall–Kier alpha value is -1.86. The number of urea groups is 1. The third-order valence-electron chi connectivity index (χ3n) is 4.90. The minimum Gasteiger partial charge on any atom is -0.490 e. The molecule has 1 fully saturated rings. The zero-order valence-electron chi connectivity index (χ0n) is 16.2. The van der Waals surface area contributed by atoms with Crippen LogP contribution in [0, 0.1) is 11.7 Å². The lowest BCUT2D eigenvalue weighted by Crippen LogP contribution is -2.50. The Morgan fingerprint density at radius 3 is 3.04 bits per heavy atom. The molecule has 150 valence electrons. The van der Waals surface area contributed by atoms with Crippen molar-refractivity contribution in [1.82, 2.24) is 15.5 Å². The number of carbonyl (C=O) groups is 1. The van der Waals surface area contributed by atoms with Crippen LogP contribution in [0.3, 0.4) is 0 Å². The summed E-state index contributed by atoms with van der Waals surface area (Å²) in [7, 11) is 0. The predicted octanol–water partition coefficient (Wildman–Crippen LogP) is 2.70. The number of benzene rings is 1. The molecule has 2 aliphatic rings. The minimum atomic E-state index is -0.387. The average Bonchev–Trinajstić information content (AvgIpc) is 2.83. The number of ether oxygens (including phenoxy) is 2. The summed E-state index contributed by atoms with van der Waals surface area (Å²) in [6.45, 7) is 8.80. The highest BCUT2D eigenvalue weighted by atomic mass is 19.1. The van der Waals surface area contributed by atoms with Gasteiger partial charge in [-0.25, -0.2) is 9.18 Å². The molecule has 1 saturated heterocycles. The van der Waals surface area contributed by atoms with Gasteiger partial charge in [-0.2, -0.15) is 0 Å². The maximum atomic E-state index is 14.0. The number of rotatable bonds is 5. The summed E-state index contributed by atoms with van der Waals surface area (Å²) in [6.07, 6.45) is 1.46. The lowest BCUT2D eigenvalue weighted by Gasteiger charge is -2.34. The molecule has 2 amide bonds. The topological polar surface area (TPSA) is 62.8 Å². The van der Waals surface area contributed by atoms with E-state index in [2.05, 4.69) is 29.4 Å². The van der Waals surface area contributed by atoms with Crippen molar-refractivity contribution < 1.29 is 18.7 Å². The number of para-hydroxylation sites is 1. The van der Waals surface area contributed by atoms with E-state index in [0.717, 1.165) is 26.1 Å². The van der Waals surface area contributed by atoms with Crippen LogP contribution in [0.4, 0.5) is 9.18 Å². The van der Waals surface area contributed by atoms with Gasteiger partial charge in [0, 0.05) is 31.7 Å². The normalized spacial score (nSPS) is 23.3. The largest absolute Gasteiger partial charge is 0.490 e. The van der Waals surface area contributed by atoms with Crippen LogP contribution in [0.25, 0.3) is 0 Å². The molecule has 0 radical (unpaired) electrons. The first-order valence-electron chi connectivity index (χ1n) is 9.82. The van der Waals surface area contributed by atoms with Gasteiger partial charge in [-0.15, -0.1) is 0 Å². The summed E-state index contributed by atoms with van der Waals surface area (Å²) >= 11 is 0. The molecule has 0 saturated carbocycles. The maximum Gasteiger partial charge on any atom is 0.315 e. The maximum absolute atomic E-state index is 14.0. The van der Waals surface area contributed by atoms with Crippen LogP contribution < -0.4 is 15.4 Å². The molecule has 2 atom stereocenters. The van der Waals surface area contributed by atoms with E-state index in [0.29, 0.717) is 37.7 Å². The van der Waals surface area contributed by atoms with E-state index in [1.54, 1.807) is 6.07 Å². The van der Waals surface area contributed by atoms with E-state index in [9.17, 15) is 9.18 Å². The van der Waals surface area contributed by atoms with Crippen LogP contribution in [-0.2, 0) is 4.74 Å². The molecule has 2 N–H and O–H groups in total. The van der Waals surface area contributed by atoms with Gasteiger partial charge in [0.05, 0.1) is 25.4 Å². The van der Waals surface area contributed by atoms with E-state index in [-0.39, 0.29) is 29.7 Å². The molecular formula is C20H30FN3O3. The quantitative estimate of drug-likeness (QED) is 0.826. The highest BCUT2D eigenvalue weighted by molar-refractivity contribution is 5.74. The van der Waals surface area contributed by atoms with E-state index in [1.807, 2.05) is 6.07 Å². The van der Waals surface area contributed by atoms with Gasteiger partial charge in [0.25, 0.3) is 0 Å². The molecule has 1 aromatic carbocycles. The van der Waals surface area contributed by atoms with Gasteiger partial charge in [0.1, 0.15) is 0 Å². The lowest BCUT2D eigenvalue weighted by atomic mass is 10.0. The Balaban J connectivity index is 1.52. The summed E-state index contributed by atoms with van der Waals surface area (Å²) in [5, 5.41) is 5.86. The molecule has 0 spiro atoms. The van der Waals surface area contributed by atoms with Crippen LogP contribution in [0.1, 0.15) is 38.3 Å². The highest BCUT2D eigenvalue weighted by Gasteiger charge is 2.25. The van der Waals surface area contributed by atoms with Crippen LogP contribution in [-0.4, -0.2) is 56.4 Å². The molecule has 3 rings (SSSR count). The molecule has 2 heterocycles. The zero-order chi connectivity index (χ0) is 19.2. The molecular weight excluding hydrogens is 349 g/mol. The zero-order valence-corrected chi connectivity index (χ0v) is 16.2. The van der Waals surface area contributed by atoms with Crippen molar-refractivity contribution in [3.63, 3.8) is 0 Å². The Morgan fingerprint density at radius 2 is 2.22 bits per heavy atom. The second-order valence-electron chi connectivity index (χ2n) is 7.70. The number of amides is 2. The molecule has 2 unspecified atom stereocenters. The van der Waals surface area contributed by atoms with E-state index in [1.165, 1.54) is 6.07 Å². The summed E-state index contributed by atoms with van der Waals surface area (Å²) in [5.74, 6) is 0.473. The van der Waals surface area contributed by atoms with Crippen molar-refractivity contribution in [2.24, 2.45) is 5.92 Å². The molecule has 0 aliphatic carbocycles. The van der Waals surface area contributed by atoms with E-state index >= 15 is 0 Å². The monoisotopic (exact) mass is 379 g/mol. The Kier molecular flexibility index (Phi) is 6.90. The standard InChI is InChI=1S/C20H30FN3O3/c1-14(2)12-24-8-10-26-15(13-24)11-22-20(25)23-18-7-4-9-27-19-16(18)5-3-6-17(19)21/h3,5-6,14-15,18H,4,7-13H2,1-2H3,(H2,22,23,25). The van der Waals surface area contributed by atoms with Gasteiger partial charge in [-0.3, -0.25) is 4.90 Å². The molecule has 7 heteroatoms. The van der Waals surface area contributed by atoms with Crippen molar-refractivity contribution in [1.29, 1.82) is 0 Å². The molecule has 0 bridgehead atoms. The number of carbonyl (C=O) groups excluding carboxylic acids is 1. The molecule has 1 aromatic rings. The smallest absolute Gasteiger partial charge is 0.315 e. The van der Waals surface area contributed by atoms with Gasteiger partial charge in [-0.1, -0.05) is 26.0 Å². The summed E-state index contributed by atoms with van der Waals surface area (Å²) in [4.78, 5) is 14.8. The fourth-order valence-electron chi connectivity index (χ4n) is 3.72. The number of morpholine rings is 1. The third-order valence-corrected chi connectivity index (χ3v) is 4.90. The predicted molar refractivity (Wildman–Crippen MR) is 101 cm³/mol. The number of fused-ring (bicyclic) bond motifs is 1. The number of hydrogen-bond donors (Lipinski definition) is 2. The van der Waals surface area contributed by atoms with Gasteiger partial charge >= 0.3 is 6.03 Å². The number of halogens is 1. The third kappa shape index (κ3) is 5.56. The summed E-state index contributed by atoms with van der Waals surface area (Å²) in [5.41, 5.74) is 0.694. The SMILES string of the molecule is CC(C)CN1CCOC(CNC(=O)NC2CCCOc3c(F)cccc32)C1. The van der Waals surface area contributed by atoms with Crippen LogP contribution in [0.2, 0.25) is 0 Å². The number of nitrogens with one attached hydrogen (secondary N) is 2. The Morgan fingerprint density at radius 1 is 1.37 bits per heavy atom. The van der Waals surface area contributed by atoms with Crippen molar-refractivity contribution in [3.8, 4) is 5.75 Å². The van der Waals surface area contributed by atoms with Gasteiger partial charge in [-0.05, 0) is 24.8 Å². The molecule has 6 nitrogen and oxygen atoms in total. The molecule has 0 aromatic heterocycles. The highest BCUT2D eigenvalue weighted by Crippen LogP contribution is 2.33. The second kappa shape index (κ2) is 9.37. The van der Waals surface area contributed by atoms with Crippen molar-refractivity contribution >= 4 is 6.03 Å². The molecule has 2 aliphatic heterocycles. The first-order valence-corrected chi connectivity index (χ1v) is 9.82. The van der Waals surface area contributed by atoms with Gasteiger partial charge in [0.15, 0.2) is 11.6 Å². The van der Waals surface area contributed by atoms with Gasteiger partial charge < -0.3 is 20.1 Å². The number of hydrogen-bond acceptors (Lipinski definition) is 4. The second-order valence-corrected chi connectivity index (χ2v) is 7.70. The Labute approximate surface area is 160 Å². The number of nitrogens with zero attached hydrogens (tertiary/aromatic N) is 1. The van der Waals surface area contributed by atoms with Gasteiger partial charge in [0.2, 0.25) is 0 Å². The van der Waals surface area contributed by atoms with Crippen molar-refractivity contribution in [3.05, 3.63) is 29.6 Å². The van der Waals surface area contributed by atoms with E-state index in [4.69, 9.17) is 9.47 Å². The minimum absolute atomic E-state index is 0.00884. The fourth-order valence-corrected chi connectivity index (χ4v) is 3.72. The first-order chi connectivity index (χ1) is 13.0. The van der Waals surface area contributed by atoms with Crippen LogP contribution >= 0.6 is 0 Å². The fraction of sp³-hybridized carbons (Fsp3) is 0.650. The summed E-state index contributed by atoms with van der Waals surface area (Å²) < 4.78 is 25.3. The van der Waals surface area contributed by atoms with Crippen LogP contribution in [0.5, 0.6) is 5.75 Å². The molecule has 27 heavy (non-hydrogen) atoms. The summed E-state index contributed by atoms with van der Waals surface area (Å²) in [6, 6.07) is 4.31. The first kappa shape index (κ1) is 19.9.